The molecule has 0 heterocycles. The zero-order chi connectivity index (χ0) is 27.8. The van der Waals surface area contributed by atoms with Gasteiger partial charge in [-0.05, 0) is 57.3 Å². The first-order chi connectivity index (χ1) is 18.4. The van der Waals surface area contributed by atoms with Gasteiger partial charge in [0.05, 0.1) is 11.8 Å². The van der Waals surface area contributed by atoms with Crippen LogP contribution < -0.4 is 0 Å². The maximum atomic E-state index is 12.9. The van der Waals surface area contributed by atoms with Crippen molar-refractivity contribution in [3.05, 3.63) is 0 Å². The van der Waals surface area contributed by atoms with Gasteiger partial charge < -0.3 is 9.84 Å². The van der Waals surface area contributed by atoms with Crippen molar-refractivity contribution in [2.45, 2.75) is 187 Å². The molecule has 0 saturated heterocycles. The number of rotatable bonds is 25. The average Bonchev–Trinajstić information content (AvgIpc) is 2.90. The standard InChI is InChI=1S/C34H64O4/c1-4-5-6-7-8-9-10-14-17-20-23-32(24-21-18-15-12-11-13-16-19-22-29(2)3)38-34(37)31-27-25-30(26-28-31)33(35)36/h29-32H,4-28H2,1-3H3,(H,35,36). The summed E-state index contributed by atoms with van der Waals surface area (Å²) in [5, 5.41) is 9.25. The van der Waals surface area contributed by atoms with Crippen LogP contribution in [0.1, 0.15) is 181 Å². The molecule has 1 atom stereocenters. The van der Waals surface area contributed by atoms with Crippen LogP contribution in [-0.4, -0.2) is 23.1 Å². The van der Waals surface area contributed by atoms with E-state index in [-0.39, 0.29) is 23.9 Å². The third-order valence-corrected chi connectivity index (χ3v) is 8.63. The highest BCUT2D eigenvalue weighted by atomic mass is 16.5. The Morgan fingerprint density at radius 3 is 1.37 bits per heavy atom. The van der Waals surface area contributed by atoms with Crippen LogP contribution in [0.2, 0.25) is 0 Å². The van der Waals surface area contributed by atoms with Crippen LogP contribution in [0.3, 0.4) is 0 Å². The maximum absolute atomic E-state index is 12.9. The zero-order valence-electron chi connectivity index (χ0n) is 25.7. The van der Waals surface area contributed by atoms with Gasteiger partial charge in [-0.3, -0.25) is 9.59 Å². The second-order valence-corrected chi connectivity index (χ2v) is 12.7. The van der Waals surface area contributed by atoms with E-state index in [1.165, 1.54) is 109 Å². The number of aliphatic carboxylic acids is 1. The number of esters is 1. The van der Waals surface area contributed by atoms with Gasteiger partial charge in [-0.25, -0.2) is 0 Å². The zero-order valence-corrected chi connectivity index (χ0v) is 25.7. The van der Waals surface area contributed by atoms with Crippen molar-refractivity contribution in [1.29, 1.82) is 0 Å². The molecule has 0 aromatic carbocycles. The summed E-state index contributed by atoms with van der Waals surface area (Å²) in [6.45, 7) is 6.89. The van der Waals surface area contributed by atoms with Gasteiger partial charge >= 0.3 is 11.9 Å². The van der Waals surface area contributed by atoms with Crippen molar-refractivity contribution in [1.82, 2.24) is 0 Å². The Kier molecular flexibility index (Phi) is 21.9. The molecule has 0 aromatic rings. The molecule has 38 heavy (non-hydrogen) atoms. The number of carboxylic acids is 1. The van der Waals surface area contributed by atoms with E-state index in [4.69, 9.17) is 4.74 Å². The maximum Gasteiger partial charge on any atom is 0.309 e. The minimum Gasteiger partial charge on any atom is -0.481 e. The summed E-state index contributed by atoms with van der Waals surface area (Å²) >= 11 is 0. The molecule has 0 spiro atoms. The second-order valence-electron chi connectivity index (χ2n) is 12.7. The highest BCUT2D eigenvalue weighted by Crippen LogP contribution is 2.31. The van der Waals surface area contributed by atoms with Crippen molar-refractivity contribution in [2.24, 2.45) is 17.8 Å². The van der Waals surface area contributed by atoms with Crippen LogP contribution in [0.15, 0.2) is 0 Å². The van der Waals surface area contributed by atoms with E-state index in [0.717, 1.165) is 31.6 Å². The van der Waals surface area contributed by atoms with Crippen LogP contribution >= 0.6 is 0 Å². The number of unbranched alkanes of at least 4 members (excludes halogenated alkanes) is 16. The summed E-state index contributed by atoms with van der Waals surface area (Å²) in [6.07, 6.45) is 29.6. The van der Waals surface area contributed by atoms with Crippen LogP contribution in [0, 0.1) is 17.8 Å². The van der Waals surface area contributed by atoms with Crippen molar-refractivity contribution in [3.8, 4) is 0 Å². The molecule has 4 nitrogen and oxygen atoms in total. The van der Waals surface area contributed by atoms with Gasteiger partial charge in [-0.2, -0.15) is 0 Å². The molecule has 4 heteroatoms. The fraction of sp³-hybridized carbons (Fsp3) is 0.941. The first-order valence-electron chi connectivity index (χ1n) is 16.9. The predicted molar refractivity (Wildman–Crippen MR) is 160 cm³/mol. The van der Waals surface area contributed by atoms with Crippen molar-refractivity contribution in [2.75, 3.05) is 0 Å². The monoisotopic (exact) mass is 536 g/mol. The predicted octanol–water partition coefficient (Wildman–Crippen LogP) is 10.7. The lowest BCUT2D eigenvalue weighted by Gasteiger charge is -2.27. The number of carboxylic acid groups (broad SMARTS) is 1. The topological polar surface area (TPSA) is 63.6 Å². The van der Waals surface area contributed by atoms with Crippen molar-refractivity contribution in [3.63, 3.8) is 0 Å². The number of ether oxygens (including phenoxy) is 1. The minimum atomic E-state index is -0.716. The Hall–Kier alpha value is -1.06. The fourth-order valence-electron chi connectivity index (χ4n) is 5.94. The molecule has 1 rings (SSSR count). The summed E-state index contributed by atoms with van der Waals surface area (Å²) < 4.78 is 6.07. The SMILES string of the molecule is CCCCCCCCCCCCC(CCCCCCCCCCC(C)C)OC(=O)C1CCC(C(=O)O)CC1. The van der Waals surface area contributed by atoms with Gasteiger partial charge in [0.2, 0.25) is 0 Å². The average molecular weight is 537 g/mol. The first-order valence-corrected chi connectivity index (χ1v) is 16.9. The third-order valence-electron chi connectivity index (χ3n) is 8.63. The second kappa shape index (κ2) is 23.8. The molecule has 1 N–H and O–H groups in total. The van der Waals surface area contributed by atoms with Gasteiger partial charge in [0.25, 0.3) is 0 Å². The molecule has 224 valence electrons. The van der Waals surface area contributed by atoms with E-state index in [1.54, 1.807) is 0 Å². The van der Waals surface area contributed by atoms with Gasteiger partial charge in [0, 0.05) is 0 Å². The Morgan fingerprint density at radius 2 is 0.974 bits per heavy atom. The number of carbonyl (C=O) groups is 2. The van der Waals surface area contributed by atoms with Gasteiger partial charge in [-0.15, -0.1) is 0 Å². The minimum absolute atomic E-state index is 0.0461. The molecular formula is C34H64O4. The summed E-state index contributed by atoms with van der Waals surface area (Å²) in [7, 11) is 0. The fourth-order valence-corrected chi connectivity index (χ4v) is 5.94. The van der Waals surface area contributed by atoms with E-state index in [0.29, 0.717) is 25.7 Å². The van der Waals surface area contributed by atoms with E-state index >= 15 is 0 Å². The molecular weight excluding hydrogens is 472 g/mol. The molecule has 0 bridgehead atoms. The van der Waals surface area contributed by atoms with E-state index in [2.05, 4.69) is 20.8 Å². The molecule has 1 unspecified atom stereocenters. The highest BCUT2D eigenvalue weighted by molar-refractivity contribution is 5.74. The van der Waals surface area contributed by atoms with E-state index < -0.39 is 5.97 Å². The number of carbonyl (C=O) groups excluding carboxylic acids is 1. The lowest BCUT2D eigenvalue weighted by molar-refractivity contribution is -0.158. The Bertz CT molecular complexity index is 565. The Morgan fingerprint density at radius 1 is 0.605 bits per heavy atom. The molecule has 1 aliphatic carbocycles. The summed E-state index contributed by atoms with van der Waals surface area (Å²) in [5.74, 6) is -0.330. The van der Waals surface area contributed by atoms with E-state index in [9.17, 15) is 14.7 Å². The molecule has 0 aromatic heterocycles. The van der Waals surface area contributed by atoms with Crippen molar-refractivity contribution < 1.29 is 19.4 Å². The molecule has 0 amide bonds. The van der Waals surface area contributed by atoms with Crippen LogP contribution in [0.25, 0.3) is 0 Å². The van der Waals surface area contributed by atoms with Crippen LogP contribution in [0.5, 0.6) is 0 Å². The lowest BCUT2D eigenvalue weighted by Crippen LogP contribution is -2.29. The summed E-state index contributed by atoms with van der Waals surface area (Å²) in [4.78, 5) is 24.1. The lowest BCUT2D eigenvalue weighted by atomic mass is 9.82. The summed E-state index contributed by atoms with van der Waals surface area (Å²) in [5.41, 5.74) is 0. The largest absolute Gasteiger partial charge is 0.481 e. The van der Waals surface area contributed by atoms with E-state index in [1.807, 2.05) is 0 Å². The van der Waals surface area contributed by atoms with Crippen LogP contribution in [-0.2, 0) is 14.3 Å². The van der Waals surface area contributed by atoms with Gasteiger partial charge in [-0.1, -0.05) is 130 Å². The normalized spacial score (nSPS) is 18.5. The number of hydrogen-bond donors (Lipinski definition) is 1. The van der Waals surface area contributed by atoms with Gasteiger partial charge in [0.1, 0.15) is 6.10 Å². The van der Waals surface area contributed by atoms with Crippen LogP contribution in [0.4, 0.5) is 0 Å². The molecule has 0 radical (unpaired) electrons. The first kappa shape index (κ1) is 35.0. The quantitative estimate of drug-likeness (QED) is 0.0930. The highest BCUT2D eigenvalue weighted by Gasteiger charge is 2.31. The molecule has 0 aliphatic heterocycles. The third kappa shape index (κ3) is 19.1. The molecule has 1 saturated carbocycles. The van der Waals surface area contributed by atoms with Crippen molar-refractivity contribution >= 4 is 11.9 Å². The Labute approximate surface area is 236 Å². The van der Waals surface area contributed by atoms with Gasteiger partial charge in [0.15, 0.2) is 0 Å². The Balaban J connectivity index is 2.27. The molecule has 1 fully saturated rings. The number of hydrogen-bond acceptors (Lipinski definition) is 3. The summed E-state index contributed by atoms with van der Waals surface area (Å²) in [6, 6.07) is 0. The smallest absolute Gasteiger partial charge is 0.309 e. The molecule has 1 aliphatic rings.